The number of nitrogens with zero attached hydrogens (tertiary/aromatic N) is 1. The van der Waals surface area contributed by atoms with E-state index in [1.54, 1.807) is 12.1 Å². The molecule has 0 bridgehead atoms. The minimum Gasteiger partial charge on any atom is -0.482 e. The lowest BCUT2D eigenvalue weighted by molar-refractivity contribution is 0.101. The normalized spacial score (nSPS) is 13.3. The van der Waals surface area contributed by atoms with Gasteiger partial charge in [-0.25, -0.2) is 0 Å². The molecule has 1 aliphatic heterocycles. The summed E-state index contributed by atoms with van der Waals surface area (Å²) in [7, 11) is 0. The monoisotopic (exact) mass is 375 g/mol. The van der Waals surface area contributed by atoms with Crippen molar-refractivity contribution in [2.75, 3.05) is 0 Å². The van der Waals surface area contributed by atoms with E-state index in [1.165, 1.54) is 30.4 Å². The molecule has 2 heterocycles. The molecule has 4 rings (SSSR count). The number of fused-ring (bicyclic) bond motifs is 1. The predicted octanol–water partition coefficient (Wildman–Crippen LogP) is 3.94. The number of hydrogen-bond donors (Lipinski definition) is 0. The average molecular weight is 375 g/mol. The summed E-state index contributed by atoms with van der Waals surface area (Å²) in [6.45, 7) is 4.06. The third kappa shape index (κ3) is 4.05. The fourth-order valence-corrected chi connectivity index (χ4v) is 3.36. The number of carbonyl (C=O) groups is 1. The van der Waals surface area contributed by atoms with Gasteiger partial charge in [-0.15, -0.1) is 0 Å². The van der Waals surface area contributed by atoms with E-state index in [9.17, 15) is 9.59 Å². The van der Waals surface area contributed by atoms with Gasteiger partial charge in [0, 0.05) is 24.7 Å². The van der Waals surface area contributed by atoms with Gasteiger partial charge in [0.1, 0.15) is 18.6 Å². The second-order valence-corrected chi connectivity index (χ2v) is 7.03. The van der Waals surface area contributed by atoms with Gasteiger partial charge < -0.3 is 9.15 Å². The molecule has 28 heavy (non-hydrogen) atoms. The largest absolute Gasteiger partial charge is 0.482 e. The summed E-state index contributed by atoms with van der Waals surface area (Å²) < 4.78 is 11.2. The van der Waals surface area contributed by atoms with E-state index in [0.29, 0.717) is 17.9 Å². The van der Waals surface area contributed by atoms with Crippen LogP contribution >= 0.6 is 0 Å². The molecule has 0 saturated carbocycles. The highest BCUT2D eigenvalue weighted by Gasteiger charge is 2.19. The number of Topliss-reactive ketones (excluding diaryl/α,β-unsaturated/α-hetero) is 1. The van der Waals surface area contributed by atoms with Gasteiger partial charge in [-0.1, -0.05) is 48.5 Å². The quantitative estimate of drug-likeness (QED) is 0.611. The Bertz CT molecular complexity index is 1030. The molecule has 0 aliphatic carbocycles. The van der Waals surface area contributed by atoms with Crippen LogP contribution in [0.25, 0.3) is 0 Å². The molecule has 142 valence electrons. The minimum absolute atomic E-state index is 0.0183. The molecule has 0 spiro atoms. The molecular weight excluding hydrogens is 354 g/mol. The maximum absolute atomic E-state index is 12.3. The van der Waals surface area contributed by atoms with E-state index in [-0.39, 0.29) is 23.6 Å². The first kappa shape index (κ1) is 18.2. The fourth-order valence-electron chi connectivity index (χ4n) is 3.36. The van der Waals surface area contributed by atoms with Crippen molar-refractivity contribution in [1.82, 2.24) is 4.90 Å². The molecular formula is C23H21NO4. The number of carbonyl (C=O) groups excluding carboxylic acids is 1. The maximum Gasteiger partial charge on any atom is 0.227 e. The van der Waals surface area contributed by atoms with E-state index >= 15 is 0 Å². The molecule has 0 amide bonds. The van der Waals surface area contributed by atoms with Crippen molar-refractivity contribution >= 4 is 5.78 Å². The van der Waals surface area contributed by atoms with Crippen LogP contribution in [0.1, 0.15) is 39.7 Å². The predicted molar refractivity (Wildman–Crippen MR) is 105 cm³/mol. The lowest BCUT2D eigenvalue weighted by Crippen LogP contribution is -2.17. The molecule has 5 nitrogen and oxygen atoms in total. The number of hydrogen-bond acceptors (Lipinski definition) is 5. The van der Waals surface area contributed by atoms with Gasteiger partial charge in [-0.2, -0.15) is 0 Å². The Labute approximate surface area is 163 Å². The van der Waals surface area contributed by atoms with Crippen LogP contribution in [-0.2, 0) is 26.2 Å². The highest BCUT2D eigenvalue weighted by Crippen LogP contribution is 2.24. The first-order valence-corrected chi connectivity index (χ1v) is 9.22. The van der Waals surface area contributed by atoms with Gasteiger partial charge in [0.2, 0.25) is 11.2 Å². The first-order chi connectivity index (χ1) is 13.6. The number of ether oxygens (including phenoxy) is 1. The first-order valence-electron chi connectivity index (χ1n) is 9.22. The Morgan fingerprint density at radius 1 is 1.07 bits per heavy atom. The number of ketones is 1. The SMILES string of the molecule is CC(=O)c1ccc(COc2coc(CN3Cc4ccccc4C3)cc2=O)cc1. The van der Waals surface area contributed by atoms with E-state index in [2.05, 4.69) is 17.0 Å². The third-order valence-corrected chi connectivity index (χ3v) is 4.89. The van der Waals surface area contributed by atoms with Gasteiger partial charge >= 0.3 is 0 Å². The van der Waals surface area contributed by atoms with Gasteiger partial charge in [0.15, 0.2) is 5.78 Å². The zero-order chi connectivity index (χ0) is 19.5. The molecule has 0 radical (unpaired) electrons. The molecule has 1 aliphatic rings. The van der Waals surface area contributed by atoms with Crippen molar-refractivity contribution < 1.29 is 13.9 Å². The zero-order valence-corrected chi connectivity index (χ0v) is 15.7. The van der Waals surface area contributed by atoms with Crippen LogP contribution in [0.4, 0.5) is 0 Å². The summed E-state index contributed by atoms with van der Waals surface area (Å²) in [6.07, 6.45) is 1.38. The lowest BCUT2D eigenvalue weighted by atomic mass is 10.1. The van der Waals surface area contributed by atoms with Gasteiger partial charge in [-0.3, -0.25) is 14.5 Å². The third-order valence-electron chi connectivity index (χ3n) is 4.89. The smallest absolute Gasteiger partial charge is 0.227 e. The van der Waals surface area contributed by atoms with E-state index in [1.807, 2.05) is 24.3 Å². The summed E-state index contributed by atoms with van der Waals surface area (Å²) >= 11 is 0. The summed E-state index contributed by atoms with van der Waals surface area (Å²) in [5.74, 6) is 0.824. The Hall–Kier alpha value is -3.18. The highest BCUT2D eigenvalue weighted by atomic mass is 16.5. The van der Waals surface area contributed by atoms with E-state index in [4.69, 9.17) is 9.15 Å². The zero-order valence-electron chi connectivity index (χ0n) is 15.7. The molecule has 5 heteroatoms. The molecule has 1 aromatic heterocycles. The Morgan fingerprint density at radius 3 is 2.36 bits per heavy atom. The van der Waals surface area contributed by atoms with Crippen molar-refractivity contribution in [3.63, 3.8) is 0 Å². The van der Waals surface area contributed by atoms with E-state index in [0.717, 1.165) is 18.7 Å². The Morgan fingerprint density at radius 2 is 1.75 bits per heavy atom. The minimum atomic E-state index is -0.196. The summed E-state index contributed by atoms with van der Waals surface area (Å²) in [5.41, 5.74) is 3.97. The number of rotatable bonds is 6. The Kier molecular flexibility index (Phi) is 5.08. The average Bonchev–Trinajstić information content (AvgIpc) is 3.10. The number of benzene rings is 2. The van der Waals surface area contributed by atoms with Crippen LogP contribution in [0.15, 0.2) is 70.1 Å². The van der Waals surface area contributed by atoms with Crippen LogP contribution in [0.5, 0.6) is 5.75 Å². The van der Waals surface area contributed by atoms with Crippen molar-refractivity contribution in [3.05, 3.63) is 99.1 Å². The summed E-state index contributed by atoms with van der Waals surface area (Å²) in [4.78, 5) is 25.9. The fraction of sp³-hybridized carbons (Fsp3) is 0.217. The van der Waals surface area contributed by atoms with Crippen molar-refractivity contribution in [2.24, 2.45) is 0 Å². The summed E-state index contributed by atoms with van der Waals surface area (Å²) in [5, 5.41) is 0. The standard InChI is InChI=1S/C23H21NO4/c1-16(25)18-8-6-17(7-9-18)14-28-23-15-27-21(10-22(23)26)13-24-11-19-4-2-3-5-20(19)12-24/h2-10,15H,11-14H2,1H3. The molecule has 0 unspecified atom stereocenters. The molecule has 2 aromatic carbocycles. The second-order valence-electron chi connectivity index (χ2n) is 7.03. The Balaban J connectivity index is 1.37. The summed E-state index contributed by atoms with van der Waals surface area (Å²) in [6, 6.07) is 17.0. The van der Waals surface area contributed by atoms with Gasteiger partial charge in [-0.05, 0) is 23.6 Å². The van der Waals surface area contributed by atoms with Crippen LogP contribution < -0.4 is 10.2 Å². The molecule has 3 aromatic rings. The van der Waals surface area contributed by atoms with Crippen LogP contribution in [-0.4, -0.2) is 10.7 Å². The van der Waals surface area contributed by atoms with Crippen molar-refractivity contribution in [1.29, 1.82) is 0 Å². The van der Waals surface area contributed by atoms with E-state index < -0.39 is 0 Å². The highest BCUT2D eigenvalue weighted by molar-refractivity contribution is 5.93. The van der Waals surface area contributed by atoms with Gasteiger partial charge in [0.25, 0.3) is 0 Å². The van der Waals surface area contributed by atoms with Gasteiger partial charge in [0.05, 0.1) is 6.54 Å². The molecule has 0 N–H and O–H groups in total. The second kappa shape index (κ2) is 7.82. The van der Waals surface area contributed by atoms with Crippen LogP contribution in [0.2, 0.25) is 0 Å². The van der Waals surface area contributed by atoms with Crippen molar-refractivity contribution in [2.45, 2.75) is 33.2 Å². The maximum atomic E-state index is 12.3. The molecule has 0 fully saturated rings. The topological polar surface area (TPSA) is 59.8 Å². The lowest BCUT2D eigenvalue weighted by Gasteiger charge is -2.14. The molecule has 0 atom stereocenters. The van der Waals surface area contributed by atoms with Crippen molar-refractivity contribution in [3.8, 4) is 5.75 Å². The molecule has 0 saturated heterocycles. The van der Waals surface area contributed by atoms with Crippen LogP contribution in [0.3, 0.4) is 0 Å². The van der Waals surface area contributed by atoms with Crippen LogP contribution in [0, 0.1) is 0 Å².